The Labute approximate surface area is 121 Å². The highest BCUT2D eigenvalue weighted by Crippen LogP contribution is 2.18. The normalized spacial score (nSPS) is 11.9. The Kier molecular flexibility index (Phi) is 4.37. The van der Waals surface area contributed by atoms with Gasteiger partial charge in [-0.05, 0) is 12.5 Å². The predicted molar refractivity (Wildman–Crippen MR) is 78.9 cm³/mol. The molecule has 1 N–H and O–H groups in total. The van der Waals surface area contributed by atoms with Gasteiger partial charge in [-0.15, -0.1) is 0 Å². The summed E-state index contributed by atoms with van der Waals surface area (Å²) in [6.07, 6.45) is 1.32. The zero-order valence-corrected chi connectivity index (χ0v) is 11.9. The number of likely N-dealkylation sites (N-methyl/N-ethyl adjacent to an activating group) is 1. The fraction of sp³-hybridized carbons (Fsp3) is 0.267. The summed E-state index contributed by atoms with van der Waals surface area (Å²) in [5.74, 6) is -0.208. The Morgan fingerprint density at radius 1 is 1.24 bits per heavy atom. The van der Waals surface area contributed by atoms with Crippen molar-refractivity contribution in [1.82, 2.24) is 14.5 Å². The first-order valence-electron chi connectivity index (χ1n) is 6.59. The average molecular weight is 287 g/mol. The highest BCUT2D eigenvalue weighted by Gasteiger charge is 2.17. The molecule has 0 fully saturated rings. The number of nitrogens with zero attached hydrogens (tertiary/aromatic N) is 2. The molecule has 1 unspecified atom stereocenters. The molecular formula is C15H17N3O3. The van der Waals surface area contributed by atoms with Gasteiger partial charge in [-0.25, -0.2) is 4.79 Å². The van der Waals surface area contributed by atoms with Crippen LogP contribution in [-0.2, 0) is 11.3 Å². The van der Waals surface area contributed by atoms with Crippen LogP contribution in [0.25, 0.3) is 0 Å². The molecule has 1 atom stereocenters. The van der Waals surface area contributed by atoms with E-state index in [1.807, 2.05) is 37.3 Å². The summed E-state index contributed by atoms with van der Waals surface area (Å²) in [4.78, 5) is 38.5. The Hall–Kier alpha value is -2.63. The lowest BCUT2D eigenvalue weighted by Crippen LogP contribution is -2.37. The van der Waals surface area contributed by atoms with Crippen molar-refractivity contribution < 1.29 is 4.79 Å². The van der Waals surface area contributed by atoms with Crippen LogP contribution in [0.5, 0.6) is 0 Å². The van der Waals surface area contributed by atoms with Gasteiger partial charge in [0.1, 0.15) is 6.54 Å². The van der Waals surface area contributed by atoms with Crippen LogP contribution < -0.4 is 11.2 Å². The summed E-state index contributed by atoms with van der Waals surface area (Å²) in [5, 5.41) is 0. The van der Waals surface area contributed by atoms with E-state index >= 15 is 0 Å². The second kappa shape index (κ2) is 6.21. The van der Waals surface area contributed by atoms with Crippen LogP contribution in [0, 0.1) is 0 Å². The van der Waals surface area contributed by atoms with Crippen LogP contribution in [0.4, 0.5) is 0 Å². The average Bonchev–Trinajstić information content (AvgIpc) is 2.49. The highest BCUT2D eigenvalue weighted by atomic mass is 16.2. The molecule has 1 aromatic carbocycles. The van der Waals surface area contributed by atoms with Crippen LogP contribution in [-0.4, -0.2) is 27.4 Å². The number of nitrogens with one attached hydrogen (secondary N) is 1. The summed E-state index contributed by atoms with van der Waals surface area (Å²) in [6.45, 7) is 1.81. The zero-order valence-electron chi connectivity index (χ0n) is 11.9. The van der Waals surface area contributed by atoms with Crippen molar-refractivity contribution in [1.29, 1.82) is 0 Å². The lowest BCUT2D eigenvalue weighted by atomic mass is 10.1. The van der Waals surface area contributed by atoms with Crippen LogP contribution in [0.2, 0.25) is 0 Å². The van der Waals surface area contributed by atoms with Crippen molar-refractivity contribution in [2.24, 2.45) is 0 Å². The number of hydrogen-bond donors (Lipinski definition) is 1. The molecule has 6 heteroatoms. The number of aromatic nitrogens is 2. The zero-order chi connectivity index (χ0) is 15.4. The van der Waals surface area contributed by atoms with Gasteiger partial charge in [0.25, 0.3) is 5.56 Å². The van der Waals surface area contributed by atoms with Crippen LogP contribution in [0.1, 0.15) is 18.5 Å². The lowest BCUT2D eigenvalue weighted by molar-refractivity contribution is -0.132. The minimum atomic E-state index is -0.586. The van der Waals surface area contributed by atoms with Gasteiger partial charge < -0.3 is 4.90 Å². The van der Waals surface area contributed by atoms with Gasteiger partial charge in [-0.1, -0.05) is 30.3 Å². The van der Waals surface area contributed by atoms with Crippen LogP contribution >= 0.6 is 0 Å². The van der Waals surface area contributed by atoms with Crippen molar-refractivity contribution in [3.8, 4) is 0 Å². The molecule has 0 saturated heterocycles. The molecule has 1 amide bonds. The number of amides is 1. The number of aromatic amines is 1. The molecule has 0 aliphatic heterocycles. The van der Waals surface area contributed by atoms with Crippen molar-refractivity contribution in [2.45, 2.75) is 19.5 Å². The minimum absolute atomic E-state index is 0.0998. The molecule has 0 spiro atoms. The van der Waals surface area contributed by atoms with E-state index < -0.39 is 11.2 Å². The van der Waals surface area contributed by atoms with E-state index in [-0.39, 0.29) is 18.5 Å². The first-order chi connectivity index (χ1) is 9.99. The van der Waals surface area contributed by atoms with Gasteiger partial charge in [0.15, 0.2) is 0 Å². The molecule has 1 heterocycles. The van der Waals surface area contributed by atoms with Gasteiger partial charge in [0, 0.05) is 19.3 Å². The molecule has 0 saturated carbocycles. The molecule has 1 aromatic heterocycles. The third-order valence-corrected chi connectivity index (χ3v) is 3.46. The van der Waals surface area contributed by atoms with Gasteiger partial charge in [-0.3, -0.25) is 19.1 Å². The largest absolute Gasteiger partial charge is 0.337 e. The van der Waals surface area contributed by atoms with Crippen molar-refractivity contribution in [3.63, 3.8) is 0 Å². The van der Waals surface area contributed by atoms with Gasteiger partial charge in [0.2, 0.25) is 5.91 Å². The van der Waals surface area contributed by atoms with Gasteiger partial charge in [0.05, 0.1) is 6.04 Å². The Morgan fingerprint density at radius 2 is 1.90 bits per heavy atom. The Bertz CT molecular complexity index is 734. The van der Waals surface area contributed by atoms with E-state index in [9.17, 15) is 14.4 Å². The summed E-state index contributed by atoms with van der Waals surface area (Å²) in [6, 6.07) is 10.7. The van der Waals surface area contributed by atoms with Crippen molar-refractivity contribution in [2.75, 3.05) is 7.05 Å². The van der Waals surface area contributed by atoms with E-state index in [0.717, 1.165) is 5.56 Å². The van der Waals surface area contributed by atoms with Crippen LogP contribution in [0.3, 0.4) is 0 Å². The molecule has 6 nitrogen and oxygen atoms in total. The van der Waals surface area contributed by atoms with E-state index in [2.05, 4.69) is 4.98 Å². The first-order valence-corrected chi connectivity index (χ1v) is 6.59. The predicted octanol–water partition coefficient (Wildman–Crippen LogP) is 0.756. The van der Waals surface area contributed by atoms with Crippen molar-refractivity contribution >= 4 is 5.91 Å². The summed E-state index contributed by atoms with van der Waals surface area (Å²) in [7, 11) is 1.69. The SMILES string of the molecule is CC(c1ccccc1)N(C)C(=O)Cn1ccc(=O)[nH]c1=O. The monoisotopic (exact) mass is 287 g/mol. The second-order valence-electron chi connectivity index (χ2n) is 4.83. The quantitative estimate of drug-likeness (QED) is 0.902. The smallest absolute Gasteiger partial charge is 0.328 e. The fourth-order valence-corrected chi connectivity index (χ4v) is 2.00. The second-order valence-corrected chi connectivity index (χ2v) is 4.83. The fourth-order valence-electron chi connectivity index (χ4n) is 2.00. The molecule has 0 bridgehead atoms. The number of benzene rings is 1. The van der Waals surface area contributed by atoms with E-state index in [4.69, 9.17) is 0 Å². The molecule has 0 aliphatic rings. The standard InChI is InChI=1S/C15H17N3O3/c1-11(12-6-4-3-5-7-12)17(2)14(20)10-18-9-8-13(19)16-15(18)21/h3-9,11H,10H2,1-2H3,(H,16,19,21). The molecule has 0 aliphatic carbocycles. The first kappa shape index (κ1) is 14.8. The summed E-state index contributed by atoms with van der Waals surface area (Å²) in [5.41, 5.74) is -0.0477. The number of carbonyl (C=O) groups is 1. The number of H-pyrrole nitrogens is 1. The molecule has 2 rings (SSSR count). The van der Waals surface area contributed by atoms with E-state index in [1.165, 1.54) is 16.8 Å². The summed E-state index contributed by atoms with van der Waals surface area (Å²) >= 11 is 0. The van der Waals surface area contributed by atoms with Gasteiger partial charge >= 0.3 is 5.69 Å². The molecular weight excluding hydrogens is 270 g/mol. The molecule has 2 aromatic rings. The lowest BCUT2D eigenvalue weighted by Gasteiger charge is -2.25. The number of carbonyl (C=O) groups excluding carboxylic acids is 1. The Morgan fingerprint density at radius 3 is 2.52 bits per heavy atom. The number of hydrogen-bond acceptors (Lipinski definition) is 3. The third-order valence-electron chi connectivity index (χ3n) is 3.46. The molecule has 21 heavy (non-hydrogen) atoms. The van der Waals surface area contributed by atoms with E-state index in [0.29, 0.717) is 0 Å². The summed E-state index contributed by atoms with van der Waals surface area (Å²) < 4.78 is 1.18. The maximum Gasteiger partial charge on any atom is 0.328 e. The van der Waals surface area contributed by atoms with Crippen molar-refractivity contribution in [3.05, 3.63) is 69.0 Å². The minimum Gasteiger partial charge on any atom is -0.337 e. The van der Waals surface area contributed by atoms with E-state index in [1.54, 1.807) is 11.9 Å². The number of rotatable bonds is 4. The maximum absolute atomic E-state index is 12.2. The Balaban J connectivity index is 2.13. The van der Waals surface area contributed by atoms with Gasteiger partial charge in [-0.2, -0.15) is 0 Å². The van der Waals surface area contributed by atoms with Crippen LogP contribution in [0.15, 0.2) is 52.2 Å². The highest BCUT2D eigenvalue weighted by molar-refractivity contribution is 5.76. The molecule has 0 radical (unpaired) electrons. The molecule has 110 valence electrons. The third kappa shape index (κ3) is 3.47. The topological polar surface area (TPSA) is 75.2 Å². The maximum atomic E-state index is 12.2.